The number of amides is 2. The van der Waals surface area contributed by atoms with Gasteiger partial charge in [0.1, 0.15) is 11.6 Å². The zero-order chi connectivity index (χ0) is 23.9. The van der Waals surface area contributed by atoms with E-state index in [2.05, 4.69) is 0 Å². The van der Waals surface area contributed by atoms with E-state index in [0.717, 1.165) is 4.90 Å². The predicted molar refractivity (Wildman–Crippen MR) is 120 cm³/mol. The van der Waals surface area contributed by atoms with Crippen molar-refractivity contribution >= 4 is 23.2 Å². The number of anilines is 1. The van der Waals surface area contributed by atoms with Crippen molar-refractivity contribution in [3.05, 3.63) is 115 Å². The highest BCUT2D eigenvalue weighted by Crippen LogP contribution is 2.64. The highest BCUT2D eigenvalue weighted by atomic mass is 16.6. The van der Waals surface area contributed by atoms with Crippen LogP contribution in [0.4, 0.5) is 11.4 Å². The molecule has 3 aromatic rings. The fourth-order valence-corrected chi connectivity index (χ4v) is 6.25. The Morgan fingerprint density at radius 1 is 0.853 bits per heavy atom. The monoisotopic (exact) mass is 455 g/mol. The Morgan fingerprint density at radius 3 is 2.00 bits per heavy atom. The van der Waals surface area contributed by atoms with Gasteiger partial charge in [-0.2, -0.15) is 0 Å². The lowest BCUT2D eigenvalue weighted by Gasteiger charge is -2.48. The van der Waals surface area contributed by atoms with Gasteiger partial charge in [0.15, 0.2) is 0 Å². The van der Waals surface area contributed by atoms with Gasteiger partial charge < -0.3 is 0 Å². The van der Waals surface area contributed by atoms with Gasteiger partial charge in [0.05, 0.1) is 10.8 Å². The Morgan fingerprint density at radius 2 is 1.44 bits per heavy atom. The second-order valence-electron chi connectivity index (χ2n) is 8.94. The summed E-state index contributed by atoms with van der Waals surface area (Å²) in [6, 6.07) is 17.9. The number of carbonyl (C=O) groups excluding carboxylic acids is 2. The van der Waals surface area contributed by atoms with Crippen molar-refractivity contribution in [1.29, 1.82) is 0 Å². The number of hydrogen-bond acceptors (Lipinski definition) is 6. The first-order valence-electron chi connectivity index (χ1n) is 10.8. The van der Waals surface area contributed by atoms with E-state index < -0.39 is 50.6 Å². The van der Waals surface area contributed by atoms with Crippen LogP contribution in [0.2, 0.25) is 0 Å². The topological polar surface area (TPSA) is 124 Å². The van der Waals surface area contributed by atoms with E-state index in [9.17, 15) is 29.8 Å². The van der Waals surface area contributed by atoms with Gasteiger partial charge in [0.2, 0.25) is 11.8 Å². The van der Waals surface area contributed by atoms with E-state index in [1.165, 1.54) is 12.1 Å². The summed E-state index contributed by atoms with van der Waals surface area (Å²) < 4.78 is 0. The van der Waals surface area contributed by atoms with Gasteiger partial charge in [-0.25, -0.2) is 4.90 Å². The number of hydrogen-bond donors (Lipinski definition) is 0. The molecule has 1 saturated heterocycles. The van der Waals surface area contributed by atoms with Crippen molar-refractivity contribution in [1.82, 2.24) is 0 Å². The molecule has 0 radical (unpaired) electrons. The van der Waals surface area contributed by atoms with Crippen LogP contribution in [0.1, 0.15) is 33.7 Å². The summed E-state index contributed by atoms with van der Waals surface area (Å²) in [6.45, 7) is 1.67. The highest BCUT2D eigenvalue weighted by Gasteiger charge is 2.75. The zero-order valence-electron chi connectivity index (χ0n) is 17.9. The molecule has 0 spiro atoms. The Labute approximate surface area is 192 Å². The van der Waals surface area contributed by atoms with Crippen LogP contribution in [-0.4, -0.2) is 21.7 Å². The average molecular weight is 455 g/mol. The molecule has 2 unspecified atom stereocenters. The van der Waals surface area contributed by atoms with E-state index in [1.807, 2.05) is 0 Å². The Kier molecular flexibility index (Phi) is 3.91. The second-order valence-corrected chi connectivity index (χ2v) is 8.94. The van der Waals surface area contributed by atoms with Crippen LogP contribution in [0.25, 0.3) is 0 Å². The van der Waals surface area contributed by atoms with Gasteiger partial charge in [-0.1, -0.05) is 54.6 Å². The molecule has 2 atom stereocenters. The normalized spacial score (nSPS) is 26.1. The van der Waals surface area contributed by atoms with Crippen LogP contribution in [-0.2, 0) is 15.1 Å². The molecule has 2 bridgehead atoms. The van der Waals surface area contributed by atoms with Crippen molar-refractivity contribution < 1.29 is 19.4 Å². The first kappa shape index (κ1) is 20.2. The van der Waals surface area contributed by atoms with E-state index in [-0.39, 0.29) is 5.69 Å². The number of nitro groups is 2. The van der Waals surface area contributed by atoms with Gasteiger partial charge in [-0.3, -0.25) is 29.8 Å². The van der Waals surface area contributed by atoms with Crippen molar-refractivity contribution in [2.24, 2.45) is 11.8 Å². The maximum Gasteiger partial charge on any atom is 0.293 e. The lowest BCUT2D eigenvalue weighted by atomic mass is 9.51. The average Bonchev–Trinajstić information content (AvgIpc) is 3.09. The predicted octanol–water partition coefficient (Wildman–Crippen LogP) is 3.69. The lowest BCUT2D eigenvalue weighted by Crippen LogP contribution is -2.57. The van der Waals surface area contributed by atoms with E-state index in [0.29, 0.717) is 27.8 Å². The van der Waals surface area contributed by atoms with Crippen LogP contribution in [0.5, 0.6) is 0 Å². The van der Waals surface area contributed by atoms with Crippen molar-refractivity contribution in [2.75, 3.05) is 4.90 Å². The van der Waals surface area contributed by atoms with E-state index >= 15 is 0 Å². The van der Waals surface area contributed by atoms with Crippen LogP contribution in [0.3, 0.4) is 0 Å². The number of benzene rings is 3. The molecule has 4 aliphatic rings. The summed E-state index contributed by atoms with van der Waals surface area (Å²) in [5.74, 6) is -4.35. The third-order valence-corrected chi connectivity index (χ3v) is 7.43. The fraction of sp³-hybridized carbons (Fsp3) is 0.200. The van der Waals surface area contributed by atoms with Crippen LogP contribution in [0.15, 0.2) is 66.7 Å². The minimum absolute atomic E-state index is 0.161. The van der Waals surface area contributed by atoms with Crippen molar-refractivity contribution in [3.8, 4) is 0 Å². The zero-order valence-corrected chi connectivity index (χ0v) is 17.9. The first-order valence-corrected chi connectivity index (χ1v) is 10.8. The van der Waals surface area contributed by atoms with Gasteiger partial charge in [0, 0.05) is 28.0 Å². The minimum Gasteiger partial charge on any atom is -0.274 e. The van der Waals surface area contributed by atoms with E-state index in [4.69, 9.17) is 0 Å². The molecule has 0 N–H and O–H groups in total. The van der Waals surface area contributed by atoms with E-state index in [1.54, 1.807) is 61.5 Å². The minimum atomic E-state index is -1.96. The van der Waals surface area contributed by atoms with Crippen LogP contribution in [0, 0.1) is 39.0 Å². The van der Waals surface area contributed by atoms with Gasteiger partial charge in [0.25, 0.3) is 11.2 Å². The molecule has 9 nitrogen and oxygen atoms in total. The molecular formula is C25H17N3O6. The number of aryl methyl sites for hydroxylation is 1. The standard InChI is InChI=1S/C25H17N3O6/c1-13-10-11-18(19(12-13)27(31)32)26-23(29)21-20-14-6-2-4-8-16(14)25(28(33)34,22(21)24(26)30)17-9-5-3-7-15(17)20/h2-12,20-22H,1H3. The molecule has 1 aliphatic heterocycles. The summed E-state index contributed by atoms with van der Waals surface area (Å²) in [4.78, 5) is 52.2. The molecule has 3 aliphatic carbocycles. The summed E-state index contributed by atoms with van der Waals surface area (Å²) in [5.41, 5.74) is 0.143. The maximum atomic E-state index is 13.9. The molecule has 1 fully saturated rings. The summed E-state index contributed by atoms with van der Waals surface area (Å²) in [7, 11) is 0. The number of rotatable bonds is 3. The number of imide groups is 1. The number of nitro benzene ring substituents is 1. The van der Waals surface area contributed by atoms with Gasteiger partial charge in [-0.05, 0) is 29.7 Å². The molecule has 0 saturated carbocycles. The molecular weight excluding hydrogens is 438 g/mol. The molecule has 7 rings (SSSR count). The van der Waals surface area contributed by atoms with Crippen molar-refractivity contribution in [2.45, 2.75) is 18.4 Å². The molecule has 2 amide bonds. The van der Waals surface area contributed by atoms with Gasteiger partial charge >= 0.3 is 0 Å². The van der Waals surface area contributed by atoms with Crippen LogP contribution >= 0.6 is 0 Å². The molecule has 0 aromatic heterocycles. The lowest BCUT2D eigenvalue weighted by molar-refractivity contribution is -0.578. The fourth-order valence-electron chi connectivity index (χ4n) is 6.25. The molecule has 3 aromatic carbocycles. The second kappa shape index (κ2) is 6.57. The Bertz CT molecular complexity index is 1420. The third kappa shape index (κ3) is 2.18. The molecule has 34 heavy (non-hydrogen) atoms. The smallest absolute Gasteiger partial charge is 0.274 e. The first-order chi connectivity index (χ1) is 16.3. The Balaban J connectivity index is 1.66. The van der Waals surface area contributed by atoms with Crippen molar-refractivity contribution in [3.63, 3.8) is 0 Å². The SMILES string of the molecule is Cc1ccc(N2C(=O)C3C4c5ccccc5C([N+](=O)[O-])(c5ccccc54)C3C2=O)c([N+](=O)[O-])c1. The van der Waals surface area contributed by atoms with Crippen LogP contribution < -0.4 is 4.90 Å². The third-order valence-electron chi connectivity index (χ3n) is 7.43. The summed E-state index contributed by atoms with van der Waals surface area (Å²) in [5, 5.41) is 24.7. The largest absolute Gasteiger partial charge is 0.293 e. The number of carbonyl (C=O) groups is 2. The van der Waals surface area contributed by atoms with Gasteiger partial charge in [-0.15, -0.1) is 0 Å². The molecule has 9 heteroatoms. The Hall–Kier alpha value is -4.40. The maximum absolute atomic E-state index is 13.9. The quantitative estimate of drug-likeness (QED) is 0.337. The summed E-state index contributed by atoms with van der Waals surface area (Å²) >= 11 is 0. The number of nitrogens with zero attached hydrogens (tertiary/aromatic N) is 3. The summed E-state index contributed by atoms with van der Waals surface area (Å²) in [6.07, 6.45) is 0. The molecule has 168 valence electrons. The molecule has 1 heterocycles. The highest BCUT2D eigenvalue weighted by molar-refractivity contribution is 6.24.